The van der Waals surface area contributed by atoms with E-state index in [2.05, 4.69) is 9.82 Å². The molecule has 136 valence electrons. The van der Waals surface area contributed by atoms with Gasteiger partial charge < -0.3 is 0 Å². The standard InChI is InChI=1S/C16H21FN4O3S/c1-12-6-7-13(11-14(12)17)25(23,24)18-8-4-10-21-16(22)20-9-3-2-5-15(20)19-21/h6-7,11,18H,2-5,8-10H2,1H3. The molecule has 1 aliphatic rings. The minimum Gasteiger partial charge on any atom is -0.279 e. The Hall–Kier alpha value is -2.00. The van der Waals surface area contributed by atoms with Crippen molar-refractivity contribution in [2.45, 2.75) is 50.6 Å². The molecule has 3 rings (SSSR count). The van der Waals surface area contributed by atoms with Crippen LogP contribution in [0.1, 0.15) is 30.7 Å². The van der Waals surface area contributed by atoms with Crippen molar-refractivity contribution in [1.29, 1.82) is 0 Å². The largest absolute Gasteiger partial charge is 0.345 e. The van der Waals surface area contributed by atoms with E-state index in [4.69, 9.17) is 0 Å². The molecule has 25 heavy (non-hydrogen) atoms. The molecule has 2 heterocycles. The monoisotopic (exact) mass is 368 g/mol. The summed E-state index contributed by atoms with van der Waals surface area (Å²) in [6.45, 7) is 2.75. The first-order valence-electron chi connectivity index (χ1n) is 8.31. The van der Waals surface area contributed by atoms with E-state index in [1.165, 1.54) is 16.8 Å². The number of rotatable bonds is 6. The van der Waals surface area contributed by atoms with Crippen molar-refractivity contribution in [3.8, 4) is 0 Å². The Kier molecular flexibility index (Phi) is 5.05. The molecular weight excluding hydrogens is 347 g/mol. The average Bonchev–Trinajstić information content (AvgIpc) is 2.90. The van der Waals surface area contributed by atoms with E-state index < -0.39 is 15.8 Å². The maximum atomic E-state index is 13.5. The fraction of sp³-hybridized carbons (Fsp3) is 0.500. The Labute approximate surface area is 145 Å². The number of fused-ring (bicyclic) bond motifs is 1. The van der Waals surface area contributed by atoms with Gasteiger partial charge in [-0.25, -0.2) is 27.0 Å². The van der Waals surface area contributed by atoms with Crippen molar-refractivity contribution in [2.24, 2.45) is 0 Å². The molecule has 0 atom stereocenters. The number of aromatic nitrogens is 3. The number of aryl methyl sites for hydroxylation is 3. The maximum Gasteiger partial charge on any atom is 0.345 e. The van der Waals surface area contributed by atoms with Crippen LogP contribution in [0.5, 0.6) is 0 Å². The van der Waals surface area contributed by atoms with Crippen molar-refractivity contribution in [3.63, 3.8) is 0 Å². The van der Waals surface area contributed by atoms with Crippen LogP contribution in [0.15, 0.2) is 27.9 Å². The van der Waals surface area contributed by atoms with Crippen LogP contribution in [0.2, 0.25) is 0 Å². The molecule has 0 amide bonds. The van der Waals surface area contributed by atoms with Crippen LogP contribution in [-0.4, -0.2) is 29.3 Å². The van der Waals surface area contributed by atoms with E-state index in [0.29, 0.717) is 25.1 Å². The van der Waals surface area contributed by atoms with E-state index in [9.17, 15) is 17.6 Å². The van der Waals surface area contributed by atoms with E-state index in [-0.39, 0.29) is 17.1 Å². The van der Waals surface area contributed by atoms with Gasteiger partial charge in [-0.1, -0.05) is 6.07 Å². The zero-order valence-corrected chi connectivity index (χ0v) is 14.9. The lowest BCUT2D eigenvalue weighted by Crippen LogP contribution is -2.29. The SMILES string of the molecule is Cc1ccc(S(=O)(=O)NCCCn2nc3n(c2=O)CCCC3)cc1F. The normalized spacial score (nSPS) is 14.5. The summed E-state index contributed by atoms with van der Waals surface area (Å²) >= 11 is 0. The van der Waals surface area contributed by atoms with Gasteiger partial charge in [-0.3, -0.25) is 4.57 Å². The molecule has 7 nitrogen and oxygen atoms in total. The molecule has 0 spiro atoms. The molecule has 0 fully saturated rings. The van der Waals surface area contributed by atoms with Crippen LogP contribution in [-0.2, 0) is 29.5 Å². The highest BCUT2D eigenvalue weighted by Crippen LogP contribution is 2.14. The van der Waals surface area contributed by atoms with E-state index in [1.54, 1.807) is 11.5 Å². The van der Waals surface area contributed by atoms with Crippen LogP contribution < -0.4 is 10.4 Å². The Balaban J connectivity index is 1.58. The van der Waals surface area contributed by atoms with Crippen LogP contribution in [0, 0.1) is 12.7 Å². The number of halogens is 1. The summed E-state index contributed by atoms with van der Waals surface area (Å²) in [7, 11) is -3.77. The quantitative estimate of drug-likeness (QED) is 0.776. The molecule has 1 aliphatic heterocycles. The van der Waals surface area contributed by atoms with Gasteiger partial charge in [-0.15, -0.1) is 0 Å². The first-order valence-corrected chi connectivity index (χ1v) is 9.79. The zero-order chi connectivity index (χ0) is 18.0. The second kappa shape index (κ2) is 7.09. The Morgan fingerprint density at radius 2 is 2.12 bits per heavy atom. The molecule has 0 unspecified atom stereocenters. The first-order chi connectivity index (χ1) is 11.9. The summed E-state index contributed by atoms with van der Waals surface area (Å²) in [5.74, 6) is 0.241. The Morgan fingerprint density at radius 1 is 1.32 bits per heavy atom. The molecule has 0 saturated heterocycles. The molecular formula is C16H21FN4O3S. The summed E-state index contributed by atoms with van der Waals surface area (Å²) in [6, 6.07) is 3.80. The van der Waals surface area contributed by atoms with E-state index in [0.717, 1.165) is 31.2 Å². The van der Waals surface area contributed by atoms with E-state index >= 15 is 0 Å². The fourth-order valence-electron chi connectivity index (χ4n) is 2.85. The van der Waals surface area contributed by atoms with Crippen molar-refractivity contribution >= 4 is 10.0 Å². The van der Waals surface area contributed by atoms with Gasteiger partial charge in [0.1, 0.15) is 11.6 Å². The number of benzene rings is 1. The average molecular weight is 368 g/mol. The van der Waals surface area contributed by atoms with Crippen molar-refractivity contribution in [3.05, 3.63) is 45.9 Å². The zero-order valence-electron chi connectivity index (χ0n) is 14.0. The lowest BCUT2D eigenvalue weighted by atomic mass is 10.2. The molecule has 2 aromatic rings. The third kappa shape index (κ3) is 3.82. The molecule has 0 radical (unpaired) electrons. The molecule has 1 aromatic carbocycles. The Bertz CT molecular complexity index is 933. The van der Waals surface area contributed by atoms with Crippen LogP contribution >= 0.6 is 0 Å². The summed E-state index contributed by atoms with van der Waals surface area (Å²) < 4.78 is 43.4. The van der Waals surface area contributed by atoms with Crippen LogP contribution in [0.4, 0.5) is 4.39 Å². The van der Waals surface area contributed by atoms with Gasteiger partial charge in [-0.2, -0.15) is 5.10 Å². The predicted octanol–water partition coefficient (Wildman–Crippen LogP) is 1.20. The van der Waals surface area contributed by atoms with Gasteiger partial charge in [-0.05, 0) is 43.9 Å². The van der Waals surface area contributed by atoms with Crippen molar-refractivity contribution < 1.29 is 12.8 Å². The number of nitrogens with one attached hydrogen (secondary N) is 1. The van der Waals surface area contributed by atoms with Crippen molar-refractivity contribution in [2.75, 3.05) is 6.54 Å². The Morgan fingerprint density at radius 3 is 2.84 bits per heavy atom. The number of sulfonamides is 1. The second-order valence-electron chi connectivity index (χ2n) is 6.19. The smallest absolute Gasteiger partial charge is 0.279 e. The van der Waals surface area contributed by atoms with Crippen LogP contribution in [0.3, 0.4) is 0 Å². The van der Waals surface area contributed by atoms with Gasteiger partial charge in [0.2, 0.25) is 10.0 Å². The fourth-order valence-corrected chi connectivity index (χ4v) is 3.94. The summed E-state index contributed by atoms with van der Waals surface area (Å²) in [4.78, 5) is 12.1. The molecule has 0 aliphatic carbocycles. The van der Waals surface area contributed by atoms with E-state index in [1.807, 2.05) is 0 Å². The van der Waals surface area contributed by atoms with Gasteiger partial charge in [0.15, 0.2) is 0 Å². The third-order valence-corrected chi connectivity index (χ3v) is 5.78. The summed E-state index contributed by atoms with van der Waals surface area (Å²) in [6.07, 6.45) is 3.23. The predicted molar refractivity (Wildman–Crippen MR) is 90.4 cm³/mol. The molecule has 9 heteroatoms. The maximum absolute atomic E-state index is 13.5. The number of hydrogen-bond acceptors (Lipinski definition) is 4. The summed E-state index contributed by atoms with van der Waals surface area (Å²) in [5, 5.41) is 4.30. The molecule has 1 aromatic heterocycles. The molecule has 1 N–H and O–H groups in total. The lowest BCUT2D eigenvalue weighted by Gasteiger charge is -2.09. The highest BCUT2D eigenvalue weighted by Gasteiger charge is 2.17. The van der Waals surface area contributed by atoms with Gasteiger partial charge in [0.25, 0.3) is 0 Å². The highest BCUT2D eigenvalue weighted by molar-refractivity contribution is 7.89. The van der Waals surface area contributed by atoms with Gasteiger partial charge >= 0.3 is 5.69 Å². The van der Waals surface area contributed by atoms with Crippen LogP contribution in [0.25, 0.3) is 0 Å². The number of nitrogens with zero attached hydrogens (tertiary/aromatic N) is 3. The summed E-state index contributed by atoms with van der Waals surface area (Å²) in [5.41, 5.74) is 0.250. The minimum atomic E-state index is -3.77. The topological polar surface area (TPSA) is 86.0 Å². The molecule has 0 saturated carbocycles. The first kappa shape index (κ1) is 17.8. The van der Waals surface area contributed by atoms with Gasteiger partial charge in [0.05, 0.1) is 4.90 Å². The second-order valence-corrected chi connectivity index (χ2v) is 7.96. The van der Waals surface area contributed by atoms with Gasteiger partial charge in [0, 0.05) is 26.1 Å². The third-order valence-electron chi connectivity index (χ3n) is 4.32. The number of hydrogen-bond donors (Lipinski definition) is 1. The highest BCUT2D eigenvalue weighted by atomic mass is 32.2. The lowest BCUT2D eigenvalue weighted by molar-refractivity contribution is 0.508. The van der Waals surface area contributed by atoms with Crippen molar-refractivity contribution in [1.82, 2.24) is 19.1 Å². The molecule has 0 bridgehead atoms. The minimum absolute atomic E-state index is 0.106.